The summed E-state index contributed by atoms with van der Waals surface area (Å²) in [6, 6.07) is 5.22. The molecule has 0 bridgehead atoms. The van der Waals surface area contributed by atoms with Gasteiger partial charge in [0.05, 0.1) is 49.3 Å². The number of aromatic nitrogens is 2. The molecule has 2 aromatic rings. The van der Waals surface area contributed by atoms with Crippen molar-refractivity contribution in [2.24, 2.45) is 0 Å². The van der Waals surface area contributed by atoms with Crippen LogP contribution in [0.15, 0.2) is 18.2 Å². The van der Waals surface area contributed by atoms with Crippen molar-refractivity contribution in [1.82, 2.24) is 14.5 Å². The Kier molecular flexibility index (Phi) is 4.65. The number of fused-ring (bicyclic) bond motifs is 1. The van der Waals surface area contributed by atoms with Crippen molar-refractivity contribution in [3.8, 4) is 0 Å². The molecule has 27 heavy (non-hydrogen) atoms. The van der Waals surface area contributed by atoms with E-state index in [9.17, 15) is 14.4 Å². The molecule has 1 aromatic carbocycles. The lowest BCUT2D eigenvalue weighted by Crippen LogP contribution is -2.39. The summed E-state index contributed by atoms with van der Waals surface area (Å²) in [5.74, 6) is 0.136. The van der Waals surface area contributed by atoms with Crippen molar-refractivity contribution in [2.45, 2.75) is 38.5 Å². The summed E-state index contributed by atoms with van der Waals surface area (Å²) in [5.41, 5.74) is 2.01. The van der Waals surface area contributed by atoms with Gasteiger partial charge >= 0.3 is 5.97 Å². The number of imidazole rings is 1. The second kappa shape index (κ2) is 7.11. The van der Waals surface area contributed by atoms with Crippen LogP contribution in [0.25, 0.3) is 11.0 Å². The summed E-state index contributed by atoms with van der Waals surface area (Å²) in [4.78, 5) is 41.9. The predicted octanol–water partition coefficient (Wildman–Crippen LogP) is 1.30. The molecule has 2 aliphatic rings. The largest absolute Gasteiger partial charge is 0.465 e. The monoisotopic (exact) mass is 371 g/mol. The lowest BCUT2D eigenvalue weighted by Gasteiger charge is -2.29. The Labute approximate surface area is 156 Å². The van der Waals surface area contributed by atoms with E-state index in [2.05, 4.69) is 4.98 Å². The maximum atomic E-state index is 12.2. The van der Waals surface area contributed by atoms with Gasteiger partial charge in [-0.05, 0) is 24.6 Å². The fourth-order valence-corrected chi connectivity index (χ4v) is 3.47. The molecule has 1 amide bonds. The number of hydrogen-bond donors (Lipinski definition) is 0. The Morgan fingerprint density at radius 1 is 1.37 bits per heavy atom. The van der Waals surface area contributed by atoms with E-state index >= 15 is 0 Å². The molecular formula is C19H21N3O5. The van der Waals surface area contributed by atoms with Crippen molar-refractivity contribution in [2.75, 3.05) is 20.3 Å². The van der Waals surface area contributed by atoms with E-state index < -0.39 is 5.97 Å². The summed E-state index contributed by atoms with van der Waals surface area (Å²) < 4.78 is 12.4. The van der Waals surface area contributed by atoms with Gasteiger partial charge < -0.3 is 18.9 Å². The third-order valence-electron chi connectivity index (χ3n) is 5.12. The number of Topliss-reactive ketones (excluding diaryl/α,β-unsaturated/α-hetero) is 1. The lowest BCUT2D eigenvalue weighted by atomic mass is 10.1. The van der Waals surface area contributed by atoms with Gasteiger partial charge in [0.1, 0.15) is 11.6 Å². The third kappa shape index (κ3) is 3.44. The number of amides is 1. The molecule has 1 atom stereocenters. The van der Waals surface area contributed by atoms with E-state index in [1.807, 2.05) is 4.57 Å². The quantitative estimate of drug-likeness (QED) is 0.581. The summed E-state index contributed by atoms with van der Waals surface area (Å²) in [7, 11) is 1.35. The van der Waals surface area contributed by atoms with E-state index in [1.54, 1.807) is 23.1 Å². The normalized spacial score (nSPS) is 20.0. The lowest BCUT2D eigenvalue weighted by molar-refractivity contribution is -0.140. The van der Waals surface area contributed by atoms with E-state index in [-0.39, 0.29) is 24.2 Å². The molecule has 1 aromatic heterocycles. The van der Waals surface area contributed by atoms with E-state index in [0.29, 0.717) is 31.6 Å². The van der Waals surface area contributed by atoms with Crippen LogP contribution < -0.4 is 0 Å². The third-order valence-corrected chi connectivity index (χ3v) is 5.12. The molecule has 0 radical (unpaired) electrons. The van der Waals surface area contributed by atoms with Gasteiger partial charge in [-0.3, -0.25) is 9.59 Å². The van der Waals surface area contributed by atoms with Gasteiger partial charge in [-0.1, -0.05) is 0 Å². The van der Waals surface area contributed by atoms with Gasteiger partial charge in [-0.25, -0.2) is 9.78 Å². The van der Waals surface area contributed by atoms with Gasteiger partial charge in [0, 0.05) is 19.6 Å². The number of benzene rings is 1. The molecule has 1 unspecified atom stereocenters. The van der Waals surface area contributed by atoms with E-state index in [1.165, 1.54) is 7.11 Å². The standard InChI is InChI=1S/C19H21N3O5/c1-26-19(25)12-2-3-15-16(8-12)22(10-14-5-7-27-14)17(20-15)11-21-6-4-13(23)9-18(21)24/h2-3,8,14H,4-7,9-11H2,1H3. The van der Waals surface area contributed by atoms with Crippen LogP contribution in [0.1, 0.15) is 35.4 Å². The molecule has 0 aliphatic carbocycles. The zero-order valence-electron chi connectivity index (χ0n) is 15.1. The number of carbonyl (C=O) groups excluding carboxylic acids is 3. The second-order valence-corrected chi connectivity index (χ2v) is 6.90. The fourth-order valence-electron chi connectivity index (χ4n) is 3.47. The average Bonchev–Trinajstić information content (AvgIpc) is 2.96. The van der Waals surface area contributed by atoms with Crippen molar-refractivity contribution in [1.29, 1.82) is 0 Å². The molecule has 2 aliphatic heterocycles. The number of carbonyl (C=O) groups is 3. The number of esters is 1. The summed E-state index contributed by atoms with van der Waals surface area (Å²) in [6.07, 6.45) is 1.40. The van der Waals surface area contributed by atoms with Crippen LogP contribution in [0.2, 0.25) is 0 Å². The second-order valence-electron chi connectivity index (χ2n) is 6.90. The number of methoxy groups -OCH3 is 1. The van der Waals surface area contributed by atoms with Crippen LogP contribution in [0.4, 0.5) is 0 Å². The zero-order chi connectivity index (χ0) is 19.0. The highest BCUT2D eigenvalue weighted by Gasteiger charge is 2.27. The number of nitrogens with zero attached hydrogens (tertiary/aromatic N) is 3. The molecule has 0 N–H and O–H groups in total. The van der Waals surface area contributed by atoms with Gasteiger partial charge in [0.15, 0.2) is 0 Å². The van der Waals surface area contributed by atoms with Crippen LogP contribution >= 0.6 is 0 Å². The highest BCUT2D eigenvalue weighted by molar-refractivity contribution is 6.00. The predicted molar refractivity (Wildman–Crippen MR) is 95.1 cm³/mol. The SMILES string of the molecule is COC(=O)c1ccc2nc(CN3CCC(=O)CC3=O)n(CC3CCO3)c2c1. The number of ether oxygens (including phenoxy) is 2. The average molecular weight is 371 g/mol. The Balaban J connectivity index is 1.69. The van der Waals surface area contributed by atoms with Crippen molar-refractivity contribution >= 4 is 28.7 Å². The van der Waals surface area contributed by atoms with Crippen LogP contribution in [-0.4, -0.2) is 58.5 Å². The molecule has 8 heteroatoms. The summed E-state index contributed by atoms with van der Waals surface area (Å²) >= 11 is 0. The minimum Gasteiger partial charge on any atom is -0.465 e. The van der Waals surface area contributed by atoms with Crippen molar-refractivity contribution in [3.63, 3.8) is 0 Å². The molecule has 0 spiro atoms. The minimum atomic E-state index is -0.407. The van der Waals surface area contributed by atoms with Gasteiger partial charge in [0.25, 0.3) is 0 Å². The molecule has 2 saturated heterocycles. The van der Waals surface area contributed by atoms with Gasteiger partial charge in [-0.15, -0.1) is 0 Å². The molecule has 2 fully saturated rings. The Bertz CT molecular complexity index is 915. The smallest absolute Gasteiger partial charge is 0.337 e. The topological polar surface area (TPSA) is 90.7 Å². The summed E-state index contributed by atoms with van der Waals surface area (Å²) in [6.45, 7) is 2.10. The zero-order valence-corrected chi connectivity index (χ0v) is 15.1. The molecule has 142 valence electrons. The number of hydrogen-bond acceptors (Lipinski definition) is 6. The van der Waals surface area contributed by atoms with Crippen LogP contribution in [0, 0.1) is 0 Å². The van der Waals surface area contributed by atoms with Gasteiger partial charge in [-0.2, -0.15) is 0 Å². The fraction of sp³-hybridized carbons (Fsp3) is 0.474. The molecule has 4 rings (SSSR count). The first kappa shape index (κ1) is 17.7. The minimum absolute atomic E-state index is 0.0182. The molecule has 8 nitrogen and oxygen atoms in total. The number of likely N-dealkylation sites (tertiary alicyclic amines) is 1. The Hall–Kier alpha value is -2.74. The maximum Gasteiger partial charge on any atom is 0.337 e. The number of rotatable bonds is 5. The number of piperidine rings is 1. The summed E-state index contributed by atoms with van der Waals surface area (Å²) in [5, 5.41) is 0. The first-order valence-electron chi connectivity index (χ1n) is 9.03. The first-order chi connectivity index (χ1) is 13.0. The first-order valence-corrected chi connectivity index (χ1v) is 9.03. The maximum absolute atomic E-state index is 12.2. The highest BCUT2D eigenvalue weighted by atomic mass is 16.5. The highest BCUT2D eigenvalue weighted by Crippen LogP contribution is 2.24. The van der Waals surface area contributed by atoms with E-state index in [4.69, 9.17) is 9.47 Å². The van der Waals surface area contributed by atoms with Crippen LogP contribution in [-0.2, 0) is 32.2 Å². The Morgan fingerprint density at radius 3 is 2.85 bits per heavy atom. The van der Waals surface area contributed by atoms with Crippen molar-refractivity contribution in [3.05, 3.63) is 29.6 Å². The molecular weight excluding hydrogens is 350 g/mol. The van der Waals surface area contributed by atoms with Crippen molar-refractivity contribution < 1.29 is 23.9 Å². The molecule has 3 heterocycles. The van der Waals surface area contributed by atoms with Gasteiger partial charge in [0.2, 0.25) is 5.91 Å². The Morgan fingerprint density at radius 2 is 2.19 bits per heavy atom. The van der Waals surface area contributed by atoms with E-state index in [0.717, 1.165) is 29.9 Å². The van der Waals surface area contributed by atoms with Crippen LogP contribution in [0.5, 0.6) is 0 Å². The number of ketones is 1. The van der Waals surface area contributed by atoms with Crippen LogP contribution in [0.3, 0.4) is 0 Å². The molecule has 0 saturated carbocycles.